The van der Waals surface area contributed by atoms with Crippen molar-refractivity contribution in [1.29, 1.82) is 0 Å². The number of aliphatic hydroxyl groups is 5. The lowest BCUT2D eigenvalue weighted by Gasteiger charge is -2.14. The summed E-state index contributed by atoms with van der Waals surface area (Å²) in [6.45, 7) is 4.24. The van der Waals surface area contributed by atoms with Gasteiger partial charge in [-0.1, -0.05) is 122 Å². The molecule has 2 aromatic heterocycles. The van der Waals surface area contributed by atoms with Gasteiger partial charge in [-0.15, -0.1) is 22.7 Å². The number of unbranched alkanes of at least 4 members (excludes halogenated alkanes) is 4. The van der Waals surface area contributed by atoms with Crippen LogP contribution in [0.15, 0.2) is 60.7 Å². The van der Waals surface area contributed by atoms with E-state index >= 15 is 0 Å². The lowest BCUT2D eigenvalue weighted by Crippen LogP contribution is -2.23. The molecule has 0 amide bonds. The van der Waals surface area contributed by atoms with E-state index in [1.54, 1.807) is 29.6 Å². The Kier molecular flexibility index (Phi) is 26.7. The first-order chi connectivity index (χ1) is 27.9. The van der Waals surface area contributed by atoms with Gasteiger partial charge in [0.1, 0.15) is 0 Å². The Labute approximate surface area is 365 Å². The molecule has 0 unspecified atom stereocenters. The molecule has 10 nitrogen and oxygen atoms in total. The van der Waals surface area contributed by atoms with Crippen LogP contribution in [0.25, 0.3) is 32.3 Å². The van der Waals surface area contributed by atoms with Crippen LogP contribution in [0.1, 0.15) is 150 Å². The molecule has 60 heavy (non-hydrogen) atoms. The van der Waals surface area contributed by atoms with Crippen molar-refractivity contribution in [2.24, 2.45) is 0 Å². The third kappa shape index (κ3) is 17.3. The van der Waals surface area contributed by atoms with Gasteiger partial charge >= 0.3 is 11.9 Å². The number of hydrogen-bond acceptors (Lipinski definition) is 12. The quantitative estimate of drug-likeness (QED) is 0.0259. The van der Waals surface area contributed by atoms with E-state index in [0.717, 1.165) is 74.7 Å². The number of methoxy groups -OCH3 is 2. The number of ether oxygens (including phenoxy) is 2. The number of aliphatic hydroxyl groups excluding tert-OH is 5. The Hall–Kier alpha value is -3.75. The molecule has 4 aromatic rings. The second-order valence-corrected chi connectivity index (χ2v) is 16.5. The molecule has 334 valence electrons. The number of carbonyl (C=O) groups excluding carboxylic acids is 3. The van der Waals surface area contributed by atoms with Crippen molar-refractivity contribution in [2.45, 2.75) is 149 Å². The van der Waals surface area contributed by atoms with E-state index in [0.29, 0.717) is 37.0 Å². The van der Waals surface area contributed by atoms with Gasteiger partial charge in [0.2, 0.25) is 0 Å². The van der Waals surface area contributed by atoms with Crippen LogP contribution in [0.4, 0.5) is 0 Å². The highest BCUT2D eigenvalue weighted by Gasteiger charge is 2.20. The molecule has 0 aliphatic heterocycles. The predicted octanol–water partition coefficient (Wildman–Crippen LogP) is 10.6. The Balaban J connectivity index is 0.000000581. The van der Waals surface area contributed by atoms with Crippen LogP contribution >= 0.6 is 22.7 Å². The maximum absolute atomic E-state index is 12.7. The Morgan fingerprint density at radius 2 is 1.07 bits per heavy atom. The molecule has 0 bridgehead atoms. The number of benzene rings is 2. The van der Waals surface area contributed by atoms with Gasteiger partial charge in [-0.05, 0) is 56.2 Å². The van der Waals surface area contributed by atoms with E-state index in [4.69, 9.17) is 0 Å². The molecule has 0 saturated heterocycles. The van der Waals surface area contributed by atoms with E-state index in [2.05, 4.69) is 23.3 Å². The highest BCUT2D eigenvalue weighted by molar-refractivity contribution is 7.21. The first-order valence-corrected chi connectivity index (χ1v) is 22.0. The number of thiophene rings is 2. The first kappa shape index (κ1) is 54.3. The molecule has 0 aliphatic rings. The van der Waals surface area contributed by atoms with Crippen molar-refractivity contribution in [3.8, 4) is 0 Å². The molecule has 4 rings (SSSR count). The van der Waals surface area contributed by atoms with Crippen molar-refractivity contribution < 1.29 is 49.4 Å². The zero-order valence-electron chi connectivity index (χ0n) is 34.3. The topological polar surface area (TPSA) is 171 Å². The maximum Gasteiger partial charge on any atom is 0.305 e. The first-order valence-electron chi connectivity index (χ1n) is 20.4. The molecule has 5 atom stereocenters. The van der Waals surface area contributed by atoms with Crippen LogP contribution < -0.4 is 0 Å². The molecule has 0 spiro atoms. The fraction of sp³-hybridized carbons (Fsp3) is 0.521. The van der Waals surface area contributed by atoms with Gasteiger partial charge in [-0.25, -0.2) is 0 Å². The number of carbonyl (C=O) groups is 3. The van der Waals surface area contributed by atoms with Gasteiger partial charge < -0.3 is 35.0 Å². The largest absolute Gasteiger partial charge is 0.469 e. The van der Waals surface area contributed by atoms with Gasteiger partial charge in [0.25, 0.3) is 0 Å². The standard InChI is InChI=1S/C23H32O5S.C23H30O5S.2CH4/c2*1-3-4-5-10-20(26)23-17(16-9-6-7-12-21(16)29-23)14-15-19(25)18(24)11-8-13-22(27)28-2;;/h6-7,9,12,14-15,18-20,24-26H,3-5,8,10-11,13H2,1-2H3;6-7,9,12,14-15,18-19,24-25H,3-5,8,10-11,13H2,1-2H3;2*1H4/b2*15-14+;;/t18-,19+,20-;18-,19+;;/m00../s1. The number of Topliss-reactive ketones (excluding diaryl/α,β-unsaturated/α-hetero) is 1. The summed E-state index contributed by atoms with van der Waals surface area (Å²) in [7, 11) is 2.65. The van der Waals surface area contributed by atoms with E-state index in [9.17, 15) is 39.9 Å². The molecule has 0 saturated carbocycles. The van der Waals surface area contributed by atoms with Crippen LogP contribution in [0, 0.1) is 0 Å². The van der Waals surface area contributed by atoms with Crippen molar-refractivity contribution >= 4 is 72.7 Å². The maximum atomic E-state index is 12.7. The SMILES string of the molecule is C.C.CCCCCC(=O)c1sc2ccccc2c1/C=C/[C@@H](O)[C@@H](O)CCCC(=O)OC.CCCCC[C@H](O)c1sc2ccccc2c1/C=C/[C@@H](O)[C@@H](O)CCCC(=O)OC. The molecular weight excluding hydrogens is 801 g/mol. The summed E-state index contributed by atoms with van der Waals surface area (Å²) in [6, 6.07) is 15.8. The fourth-order valence-corrected chi connectivity index (χ4v) is 8.78. The molecule has 0 radical (unpaired) electrons. The minimum Gasteiger partial charge on any atom is -0.469 e. The summed E-state index contributed by atoms with van der Waals surface area (Å²) >= 11 is 3.05. The molecule has 0 aliphatic carbocycles. The Morgan fingerprint density at radius 3 is 1.58 bits per heavy atom. The highest BCUT2D eigenvalue weighted by atomic mass is 32.1. The fourth-order valence-electron chi connectivity index (χ4n) is 6.41. The zero-order chi connectivity index (χ0) is 42.5. The molecule has 5 N–H and O–H groups in total. The summed E-state index contributed by atoms with van der Waals surface area (Å²) in [5.41, 5.74) is 1.70. The predicted molar refractivity (Wildman–Crippen MR) is 249 cm³/mol. The van der Waals surface area contributed by atoms with Crippen molar-refractivity contribution in [3.05, 3.63) is 81.6 Å². The second kappa shape index (κ2) is 29.5. The van der Waals surface area contributed by atoms with Gasteiger partial charge in [-0.3, -0.25) is 14.4 Å². The van der Waals surface area contributed by atoms with Gasteiger partial charge in [0, 0.05) is 49.9 Å². The molecule has 2 aromatic carbocycles. The Bertz CT molecular complexity index is 1910. The molecule has 12 heteroatoms. The zero-order valence-corrected chi connectivity index (χ0v) is 35.9. The van der Waals surface area contributed by atoms with E-state index in [-0.39, 0.29) is 51.8 Å². The monoisotopic (exact) mass is 870 g/mol. The van der Waals surface area contributed by atoms with Crippen LogP contribution in [-0.2, 0) is 19.1 Å². The highest BCUT2D eigenvalue weighted by Crippen LogP contribution is 2.38. The normalized spacial score (nSPS) is 13.8. The Morgan fingerprint density at radius 1 is 0.600 bits per heavy atom. The van der Waals surface area contributed by atoms with Crippen LogP contribution in [0.5, 0.6) is 0 Å². The number of rotatable bonds is 24. The van der Waals surface area contributed by atoms with Crippen LogP contribution in [0.2, 0.25) is 0 Å². The van der Waals surface area contributed by atoms with Gasteiger partial charge in [0.05, 0.1) is 49.6 Å². The van der Waals surface area contributed by atoms with E-state index in [1.165, 1.54) is 31.6 Å². The summed E-state index contributed by atoms with van der Waals surface area (Å²) in [5.74, 6) is -0.542. The van der Waals surface area contributed by atoms with Crippen LogP contribution in [-0.4, -0.2) is 81.9 Å². The third-order valence-corrected chi connectivity index (χ3v) is 12.4. The summed E-state index contributed by atoms with van der Waals surface area (Å²) in [5, 5.41) is 53.6. The average Bonchev–Trinajstić information content (AvgIpc) is 3.80. The summed E-state index contributed by atoms with van der Waals surface area (Å²) in [4.78, 5) is 36.7. The molecule has 2 heterocycles. The number of hydrogen-bond donors (Lipinski definition) is 5. The minimum atomic E-state index is -1.07. The van der Waals surface area contributed by atoms with Crippen LogP contribution in [0.3, 0.4) is 0 Å². The smallest absolute Gasteiger partial charge is 0.305 e. The van der Waals surface area contributed by atoms with Gasteiger partial charge in [0.15, 0.2) is 5.78 Å². The lowest BCUT2D eigenvalue weighted by molar-refractivity contribution is -0.141. The van der Waals surface area contributed by atoms with E-state index < -0.39 is 30.5 Å². The van der Waals surface area contributed by atoms with E-state index in [1.807, 2.05) is 48.5 Å². The molecular formula is C48H70O10S2. The summed E-state index contributed by atoms with van der Waals surface area (Å²) in [6.07, 6.45) is 11.3. The number of ketones is 1. The van der Waals surface area contributed by atoms with Crippen molar-refractivity contribution in [1.82, 2.24) is 0 Å². The number of esters is 2. The van der Waals surface area contributed by atoms with Crippen molar-refractivity contribution in [2.75, 3.05) is 14.2 Å². The third-order valence-electron chi connectivity index (χ3n) is 9.87. The summed E-state index contributed by atoms with van der Waals surface area (Å²) < 4.78 is 11.3. The average molecular weight is 871 g/mol. The lowest BCUT2D eigenvalue weighted by atomic mass is 10.0. The second-order valence-electron chi connectivity index (χ2n) is 14.4. The minimum absolute atomic E-state index is 0. The van der Waals surface area contributed by atoms with Crippen molar-refractivity contribution in [3.63, 3.8) is 0 Å². The van der Waals surface area contributed by atoms with Gasteiger partial charge in [-0.2, -0.15) is 0 Å². The molecule has 0 fully saturated rings. The number of fused-ring (bicyclic) bond motifs is 2.